The van der Waals surface area contributed by atoms with E-state index in [1.54, 1.807) is 12.1 Å². The summed E-state index contributed by atoms with van der Waals surface area (Å²) in [7, 11) is 0. The highest BCUT2D eigenvalue weighted by atomic mass is 16.4. The van der Waals surface area contributed by atoms with Crippen LogP contribution in [0.1, 0.15) is 34.6 Å². The first-order valence-corrected chi connectivity index (χ1v) is 7.82. The SMILES string of the molecule is CC(=O)Nc1ccc(N)c(C(=O)O)c1.CC(=O)Nc1ccc(N)c(C(=O)O)c1. The summed E-state index contributed by atoms with van der Waals surface area (Å²) in [6, 6.07) is 8.61. The van der Waals surface area contributed by atoms with E-state index in [0.717, 1.165) is 0 Å². The number of anilines is 4. The Balaban J connectivity index is 0.000000280. The van der Waals surface area contributed by atoms with Crippen molar-refractivity contribution in [2.45, 2.75) is 13.8 Å². The second kappa shape index (κ2) is 9.57. The van der Waals surface area contributed by atoms with Gasteiger partial charge in [0.2, 0.25) is 11.8 Å². The summed E-state index contributed by atoms with van der Waals surface area (Å²) in [5.74, 6) is -2.75. The number of aromatic carboxylic acids is 2. The maximum Gasteiger partial charge on any atom is 0.337 e. The van der Waals surface area contributed by atoms with Gasteiger partial charge in [-0.2, -0.15) is 0 Å². The van der Waals surface area contributed by atoms with Gasteiger partial charge in [-0.15, -0.1) is 0 Å². The maximum absolute atomic E-state index is 10.7. The molecule has 0 aliphatic carbocycles. The fraction of sp³-hybridized carbons (Fsp3) is 0.111. The van der Waals surface area contributed by atoms with E-state index in [2.05, 4.69) is 10.6 Å². The van der Waals surface area contributed by atoms with Crippen LogP contribution in [0.2, 0.25) is 0 Å². The molecule has 2 amide bonds. The summed E-state index contributed by atoms with van der Waals surface area (Å²) in [5, 5.41) is 22.4. The molecular weight excluding hydrogens is 368 g/mol. The molecule has 0 heterocycles. The van der Waals surface area contributed by atoms with Crippen LogP contribution in [0.15, 0.2) is 36.4 Å². The third-order valence-electron chi connectivity index (χ3n) is 3.21. The van der Waals surface area contributed by atoms with Crippen LogP contribution in [0.4, 0.5) is 22.7 Å². The van der Waals surface area contributed by atoms with Crippen molar-refractivity contribution in [2.75, 3.05) is 22.1 Å². The Hall–Kier alpha value is -4.08. The maximum atomic E-state index is 10.7. The monoisotopic (exact) mass is 388 g/mol. The van der Waals surface area contributed by atoms with E-state index < -0.39 is 11.9 Å². The molecule has 10 nitrogen and oxygen atoms in total. The van der Waals surface area contributed by atoms with Gasteiger partial charge in [0.05, 0.1) is 11.1 Å². The minimum atomic E-state index is -1.12. The summed E-state index contributed by atoms with van der Waals surface area (Å²) in [4.78, 5) is 42.7. The number of carboxylic acid groups (broad SMARTS) is 2. The third kappa shape index (κ3) is 6.67. The zero-order valence-corrected chi connectivity index (χ0v) is 15.1. The summed E-state index contributed by atoms with van der Waals surface area (Å²) < 4.78 is 0. The Kier molecular flexibility index (Phi) is 7.51. The Morgan fingerprint density at radius 2 is 1.04 bits per heavy atom. The molecule has 0 atom stereocenters. The van der Waals surface area contributed by atoms with E-state index in [-0.39, 0.29) is 34.3 Å². The van der Waals surface area contributed by atoms with Gasteiger partial charge in [-0.1, -0.05) is 0 Å². The normalized spacial score (nSPS) is 9.50. The number of amides is 2. The summed E-state index contributed by atoms with van der Waals surface area (Å²) in [6.45, 7) is 2.69. The smallest absolute Gasteiger partial charge is 0.337 e. The van der Waals surface area contributed by atoms with Crippen LogP contribution in [0.25, 0.3) is 0 Å². The molecule has 10 heteroatoms. The van der Waals surface area contributed by atoms with Crippen LogP contribution in [-0.2, 0) is 9.59 Å². The van der Waals surface area contributed by atoms with E-state index in [1.165, 1.54) is 38.1 Å². The molecule has 2 aromatic carbocycles. The van der Waals surface area contributed by atoms with Crippen LogP contribution in [0, 0.1) is 0 Å². The molecule has 2 aromatic rings. The van der Waals surface area contributed by atoms with Crippen molar-refractivity contribution in [3.05, 3.63) is 47.5 Å². The van der Waals surface area contributed by atoms with Gasteiger partial charge in [0.25, 0.3) is 0 Å². The second-order valence-corrected chi connectivity index (χ2v) is 5.58. The molecule has 0 spiro atoms. The fourth-order valence-corrected chi connectivity index (χ4v) is 2.05. The first-order chi connectivity index (χ1) is 13.0. The van der Waals surface area contributed by atoms with Crippen molar-refractivity contribution < 1.29 is 29.4 Å². The molecular formula is C18H20N4O6. The number of hydrogen-bond acceptors (Lipinski definition) is 6. The first kappa shape index (κ1) is 22.0. The molecule has 8 N–H and O–H groups in total. The lowest BCUT2D eigenvalue weighted by Gasteiger charge is -2.05. The van der Waals surface area contributed by atoms with E-state index >= 15 is 0 Å². The summed E-state index contributed by atoms with van der Waals surface area (Å²) >= 11 is 0. The lowest BCUT2D eigenvalue weighted by molar-refractivity contribution is -0.115. The van der Waals surface area contributed by atoms with Gasteiger partial charge in [-0.3, -0.25) is 9.59 Å². The van der Waals surface area contributed by atoms with E-state index in [0.29, 0.717) is 11.4 Å². The molecule has 2 rings (SSSR count). The first-order valence-electron chi connectivity index (χ1n) is 7.82. The van der Waals surface area contributed by atoms with Gasteiger partial charge in [0.15, 0.2) is 0 Å². The number of rotatable bonds is 4. The molecule has 0 fully saturated rings. The minimum Gasteiger partial charge on any atom is -0.478 e. The quantitative estimate of drug-likeness (QED) is 0.428. The van der Waals surface area contributed by atoms with Crippen molar-refractivity contribution in [3.8, 4) is 0 Å². The number of nitrogens with two attached hydrogens (primary N) is 2. The summed E-state index contributed by atoms with van der Waals surface area (Å²) in [6.07, 6.45) is 0. The zero-order chi connectivity index (χ0) is 21.4. The molecule has 0 saturated carbocycles. The lowest BCUT2D eigenvalue weighted by Crippen LogP contribution is -2.08. The number of nitrogen functional groups attached to an aromatic ring is 2. The average Bonchev–Trinajstić information content (AvgIpc) is 2.57. The minimum absolute atomic E-state index is 0.0174. The largest absolute Gasteiger partial charge is 0.478 e. The molecule has 0 saturated heterocycles. The van der Waals surface area contributed by atoms with Crippen LogP contribution >= 0.6 is 0 Å². The molecule has 0 bridgehead atoms. The van der Waals surface area contributed by atoms with E-state index in [9.17, 15) is 19.2 Å². The second-order valence-electron chi connectivity index (χ2n) is 5.58. The highest BCUT2D eigenvalue weighted by Gasteiger charge is 2.09. The van der Waals surface area contributed by atoms with Crippen LogP contribution in [0.5, 0.6) is 0 Å². The third-order valence-corrected chi connectivity index (χ3v) is 3.21. The van der Waals surface area contributed by atoms with Crippen molar-refractivity contribution in [3.63, 3.8) is 0 Å². The Bertz CT molecular complexity index is 851. The molecule has 0 aromatic heterocycles. The number of carboxylic acids is 2. The van der Waals surface area contributed by atoms with Gasteiger partial charge < -0.3 is 32.3 Å². The van der Waals surface area contributed by atoms with E-state index in [1.807, 2.05) is 0 Å². The lowest BCUT2D eigenvalue weighted by atomic mass is 10.1. The Morgan fingerprint density at radius 1 is 0.714 bits per heavy atom. The van der Waals surface area contributed by atoms with Gasteiger partial charge in [0.1, 0.15) is 0 Å². The molecule has 0 aliphatic rings. The van der Waals surface area contributed by atoms with Crippen molar-refractivity contribution >= 4 is 46.5 Å². The van der Waals surface area contributed by atoms with Crippen LogP contribution in [0.3, 0.4) is 0 Å². The number of carbonyl (C=O) groups excluding carboxylic acids is 2. The number of nitrogens with one attached hydrogen (secondary N) is 2. The average molecular weight is 388 g/mol. The van der Waals surface area contributed by atoms with Crippen molar-refractivity contribution in [1.29, 1.82) is 0 Å². The standard InChI is InChI=1S/2C9H10N2O3/c2*1-5(12)11-6-2-3-8(10)7(4-6)9(13)14/h2*2-4H,10H2,1H3,(H,11,12)(H,13,14). The molecule has 148 valence electrons. The fourth-order valence-electron chi connectivity index (χ4n) is 2.05. The number of benzene rings is 2. The highest BCUT2D eigenvalue weighted by molar-refractivity contribution is 5.97. The number of hydrogen-bond donors (Lipinski definition) is 6. The van der Waals surface area contributed by atoms with Gasteiger partial charge in [-0.25, -0.2) is 9.59 Å². The van der Waals surface area contributed by atoms with Crippen molar-refractivity contribution in [1.82, 2.24) is 0 Å². The Morgan fingerprint density at radius 3 is 1.29 bits per heavy atom. The van der Waals surface area contributed by atoms with Gasteiger partial charge >= 0.3 is 11.9 Å². The topological polar surface area (TPSA) is 185 Å². The predicted molar refractivity (Wildman–Crippen MR) is 104 cm³/mol. The zero-order valence-electron chi connectivity index (χ0n) is 15.1. The highest BCUT2D eigenvalue weighted by Crippen LogP contribution is 2.18. The predicted octanol–water partition coefficient (Wildman–Crippen LogP) is 1.85. The van der Waals surface area contributed by atoms with Gasteiger partial charge in [0, 0.05) is 36.6 Å². The van der Waals surface area contributed by atoms with E-state index in [4.69, 9.17) is 21.7 Å². The van der Waals surface area contributed by atoms with Crippen LogP contribution < -0.4 is 22.1 Å². The van der Waals surface area contributed by atoms with Crippen LogP contribution in [-0.4, -0.2) is 34.0 Å². The number of carbonyl (C=O) groups is 4. The molecule has 0 aliphatic heterocycles. The molecule has 28 heavy (non-hydrogen) atoms. The molecule has 0 radical (unpaired) electrons. The van der Waals surface area contributed by atoms with Crippen molar-refractivity contribution in [2.24, 2.45) is 0 Å². The Labute approximate surface area is 160 Å². The molecule has 0 unspecified atom stereocenters. The van der Waals surface area contributed by atoms with Gasteiger partial charge in [-0.05, 0) is 36.4 Å². The summed E-state index contributed by atoms with van der Waals surface area (Å²) in [5.41, 5.74) is 12.0.